The van der Waals surface area contributed by atoms with Gasteiger partial charge in [0.1, 0.15) is 0 Å². The van der Waals surface area contributed by atoms with E-state index in [-0.39, 0.29) is 0 Å². The molecule has 2 N–H and O–H groups in total. The van der Waals surface area contributed by atoms with E-state index in [1.807, 2.05) is 0 Å². The van der Waals surface area contributed by atoms with E-state index in [0.29, 0.717) is 6.10 Å². The summed E-state index contributed by atoms with van der Waals surface area (Å²) >= 11 is 0. The summed E-state index contributed by atoms with van der Waals surface area (Å²) in [5.74, 6) is 4.34. The molecule has 4 fully saturated rings. The van der Waals surface area contributed by atoms with Crippen molar-refractivity contribution in [3.05, 3.63) is 0 Å². The molecule has 0 radical (unpaired) electrons. The fraction of sp³-hybridized carbons (Fsp3) is 1.00. The third-order valence-electron chi connectivity index (χ3n) is 6.08. The van der Waals surface area contributed by atoms with Gasteiger partial charge in [0, 0.05) is 12.6 Å². The first-order valence-corrected chi connectivity index (χ1v) is 8.49. The molecular weight excluding hydrogens is 236 g/mol. The van der Waals surface area contributed by atoms with Crippen LogP contribution in [0.2, 0.25) is 0 Å². The first kappa shape index (κ1) is 12.6. The van der Waals surface area contributed by atoms with E-state index in [9.17, 15) is 0 Å². The van der Waals surface area contributed by atoms with Crippen LogP contribution in [0.4, 0.5) is 0 Å². The van der Waals surface area contributed by atoms with Gasteiger partial charge < -0.3 is 15.4 Å². The van der Waals surface area contributed by atoms with Crippen molar-refractivity contribution < 1.29 is 4.74 Å². The molecule has 4 atom stereocenters. The maximum atomic E-state index is 5.95. The van der Waals surface area contributed by atoms with Crippen molar-refractivity contribution in [2.24, 2.45) is 23.7 Å². The maximum absolute atomic E-state index is 5.95. The lowest BCUT2D eigenvalue weighted by molar-refractivity contribution is 0.0317. The van der Waals surface area contributed by atoms with Gasteiger partial charge in [0.25, 0.3) is 0 Å². The molecule has 0 amide bonds. The van der Waals surface area contributed by atoms with Crippen LogP contribution in [0.15, 0.2) is 0 Å². The van der Waals surface area contributed by atoms with Gasteiger partial charge >= 0.3 is 0 Å². The van der Waals surface area contributed by atoms with Gasteiger partial charge in [0.2, 0.25) is 0 Å². The summed E-state index contributed by atoms with van der Waals surface area (Å²) in [6.07, 6.45) is 8.73. The van der Waals surface area contributed by atoms with E-state index in [4.69, 9.17) is 4.74 Å². The Morgan fingerprint density at radius 2 is 1.74 bits per heavy atom. The molecule has 0 aromatic heterocycles. The van der Waals surface area contributed by atoms with Gasteiger partial charge in [-0.1, -0.05) is 0 Å². The Morgan fingerprint density at radius 1 is 1.00 bits per heavy atom. The number of nitrogens with one attached hydrogen (secondary N) is 2. The number of hydrogen-bond donors (Lipinski definition) is 2. The first-order chi connectivity index (χ1) is 9.43. The van der Waals surface area contributed by atoms with Crippen molar-refractivity contribution in [3.8, 4) is 0 Å². The average Bonchev–Trinajstić information content (AvgIpc) is 2.84. The van der Waals surface area contributed by atoms with E-state index in [2.05, 4.69) is 10.6 Å². The zero-order valence-electron chi connectivity index (χ0n) is 11.9. The lowest BCUT2D eigenvalue weighted by atomic mass is 10.0. The van der Waals surface area contributed by atoms with Gasteiger partial charge in [-0.2, -0.15) is 0 Å². The molecule has 108 valence electrons. The van der Waals surface area contributed by atoms with Gasteiger partial charge in [-0.05, 0) is 81.8 Å². The Labute approximate surface area is 116 Å². The minimum absolute atomic E-state index is 0.525. The van der Waals surface area contributed by atoms with Gasteiger partial charge in [-0.15, -0.1) is 0 Å². The number of rotatable bonds is 6. The number of piperidine rings is 1. The van der Waals surface area contributed by atoms with Crippen LogP contribution in [-0.2, 0) is 4.74 Å². The molecule has 3 aliphatic carbocycles. The van der Waals surface area contributed by atoms with Crippen molar-refractivity contribution in [3.63, 3.8) is 0 Å². The third-order valence-corrected chi connectivity index (χ3v) is 6.08. The summed E-state index contributed by atoms with van der Waals surface area (Å²) in [5, 5.41) is 7.19. The number of fused-ring (bicyclic) bond motifs is 5. The molecule has 0 aromatic rings. The quantitative estimate of drug-likeness (QED) is 0.718. The van der Waals surface area contributed by atoms with Crippen LogP contribution in [0.5, 0.6) is 0 Å². The molecule has 3 nitrogen and oxygen atoms in total. The molecule has 1 heterocycles. The molecule has 1 saturated heterocycles. The highest BCUT2D eigenvalue weighted by molar-refractivity contribution is 5.16. The second-order valence-corrected chi connectivity index (χ2v) is 7.14. The highest BCUT2D eigenvalue weighted by atomic mass is 16.5. The zero-order chi connectivity index (χ0) is 12.7. The molecule has 4 unspecified atom stereocenters. The largest absolute Gasteiger partial charge is 0.378 e. The monoisotopic (exact) mass is 264 g/mol. The normalized spacial score (nSPS) is 44.5. The summed E-state index contributed by atoms with van der Waals surface area (Å²) in [5.41, 5.74) is 0. The Bertz CT molecular complexity index is 300. The highest BCUT2D eigenvalue weighted by Crippen LogP contribution is 2.65. The third kappa shape index (κ3) is 2.45. The van der Waals surface area contributed by atoms with Crippen molar-refractivity contribution in [1.82, 2.24) is 10.6 Å². The second kappa shape index (κ2) is 5.34. The Balaban J connectivity index is 1.09. The molecule has 19 heavy (non-hydrogen) atoms. The van der Waals surface area contributed by atoms with E-state index < -0.39 is 0 Å². The van der Waals surface area contributed by atoms with E-state index in [1.54, 1.807) is 6.42 Å². The number of ether oxygens (including phenoxy) is 1. The van der Waals surface area contributed by atoms with E-state index in [0.717, 1.165) is 49.4 Å². The van der Waals surface area contributed by atoms with Crippen LogP contribution in [0.1, 0.15) is 38.5 Å². The lowest BCUT2D eigenvalue weighted by Crippen LogP contribution is -2.33. The van der Waals surface area contributed by atoms with Crippen molar-refractivity contribution in [1.29, 1.82) is 0 Å². The SMILES string of the molecule is C(CNC1C2C3CCC(C3)C12)COC1CCNCC1. The standard InChI is InChI=1S/C16H28N2O/c1(9-19-13-4-7-17-8-5-13)6-18-16-14-11-2-3-12(10-11)15(14)16/h11-18H,1-10H2. The number of hydrogen-bond acceptors (Lipinski definition) is 3. The lowest BCUT2D eigenvalue weighted by Gasteiger charge is -2.23. The fourth-order valence-corrected chi connectivity index (χ4v) is 5.15. The van der Waals surface area contributed by atoms with Gasteiger partial charge in [-0.25, -0.2) is 0 Å². The van der Waals surface area contributed by atoms with Crippen molar-refractivity contribution in [2.45, 2.75) is 50.7 Å². The molecule has 2 bridgehead atoms. The van der Waals surface area contributed by atoms with Crippen LogP contribution >= 0.6 is 0 Å². The van der Waals surface area contributed by atoms with Gasteiger partial charge in [0.15, 0.2) is 0 Å². The minimum atomic E-state index is 0.525. The molecule has 0 aromatic carbocycles. The predicted molar refractivity (Wildman–Crippen MR) is 76.1 cm³/mol. The van der Waals surface area contributed by atoms with E-state index in [1.165, 1.54) is 38.6 Å². The van der Waals surface area contributed by atoms with E-state index >= 15 is 0 Å². The summed E-state index contributed by atoms with van der Waals surface area (Å²) in [6, 6.07) is 0.894. The Kier molecular flexibility index (Phi) is 3.55. The topological polar surface area (TPSA) is 33.3 Å². The zero-order valence-corrected chi connectivity index (χ0v) is 11.9. The minimum Gasteiger partial charge on any atom is -0.378 e. The highest BCUT2D eigenvalue weighted by Gasteiger charge is 2.64. The Hall–Kier alpha value is -0.120. The summed E-state index contributed by atoms with van der Waals surface area (Å²) in [4.78, 5) is 0. The average molecular weight is 264 g/mol. The van der Waals surface area contributed by atoms with Crippen molar-refractivity contribution in [2.75, 3.05) is 26.2 Å². The molecule has 3 heteroatoms. The van der Waals surface area contributed by atoms with Crippen LogP contribution in [0, 0.1) is 23.7 Å². The van der Waals surface area contributed by atoms with Gasteiger partial charge in [-0.3, -0.25) is 0 Å². The van der Waals surface area contributed by atoms with Crippen LogP contribution < -0.4 is 10.6 Å². The molecule has 4 aliphatic rings. The van der Waals surface area contributed by atoms with Crippen LogP contribution in [-0.4, -0.2) is 38.4 Å². The first-order valence-electron chi connectivity index (χ1n) is 8.49. The summed E-state index contributed by atoms with van der Waals surface area (Å²) in [6.45, 7) is 4.39. The van der Waals surface area contributed by atoms with Crippen LogP contribution in [0.3, 0.4) is 0 Å². The van der Waals surface area contributed by atoms with Crippen molar-refractivity contribution >= 4 is 0 Å². The van der Waals surface area contributed by atoms with Crippen LogP contribution in [0.25, 0.3) is 0 Å². The Morgan fingerprint density at radius 3 is 2.47 bits per heavy atom. The molecule has 0 spiro atoms. The summed E-state index contributed by atoms with van der Waals surface area (Å²) in [7, 11) is 0. The summed E-state index contributed by atoms with van der Waals surface area (Å²) < 4.78 is 5.95. The van der Waals surface area contributed by atoms with Gasteiger partial charge in [0.05, 0.1) is 6.10 Å². The maximum Gasteiger partial charge on any atom is 0.0599 e. The molecular formula is C16H28N2O. The second-order valence-electron chi connectivity index (χ2n) is 7.14. The molecule has 4 rings (SSSR count). The predicted octanol–water partition coefficient (Wildman–Crippen LogP) is 1.78. The smallest absolute Gasteiger partial charge is 0.0599 e. The molecule has 3 saturated carbocycles. The fourth-order valence-electron chi connectivity index (χ4n) is 5.15. The molecule has 1 aliphatic heterocycles.